The molecule has 490 valence electrons. The van der Waals surface area contributed by atoms with Gasteiger partial charge in [0.05, 0.1) is 33.0 Å². The highest BCUT2D eigenvalue weighted by molar-refractivity contribution is 8.76. The molecule has 2 heterocycles. The minimum Gasteiger partial charge on any atom is -0.456 e. The standard InChI is InChI=1S/C63H96N8O15S2/c1-13-42(5)55-58(75)68-47(10)62(79)86-56(43(6)14-2)45(8)50(85-63(80)66-30-21-32-82-34-36-83-35-33-81-31-20-29-64-52(72)27-37-87-88-54-24-18-19-28-65-54)26-25-44(7)61(78)84-51(38-41(3)4)57(74)67-46(9)59(76)71(12)49(39-48-22-16-15-17-23-48)60(77)70(11)40-53(73)69-55/h14-19,22-25,28,41-42,45-47,49-51,55-56H,13,20-21,26-27,29-40H2,1-12H3,(H,64,72)(H,66,80)(H,67,74)(H,68,75)(H,69,73)/b43-14+,44-25+/t42?,45-,46-,47+,49+,50-,51+,55?,56+/m0/s1. The van der Waals surface area contributed by atoms with Crippen LogP contribution in [0.25, 0.3) is 0 Å². The van der Waals surface area contributed by atoms with Gasteiger partial charge >= 0.3 is 18.0 Å². The van der Waals surface area contributed by atoms with Gasteiger partial charge in [0.25, 0.3) is 5.91 Å². The Hall–Kier alpha value is -6.54. The number of rotatable bonds is 27. The number of ether oxygens (including phenoxy) is 6. The summed E-state index contributed by atoms with van der Waals surface area (Å²) in [4.78, 5) is 131. The van der Waals surface area contributed by atoms with Gasteiger partial charge < -0.3 is 64.8 Å². The first-order chi connectivity index (χ1) is 42.0. The molecule has 0 saturated heterocycles. The molecule has 88 heavy (non-hydrogen) atoms. The third-order valence-electron chi connectivity index (χ3n) is 14.5. The average Bonchev–Trinajstić information content (AvgIpc) is 3.48. The third-order valence-corrected chi connectivity index (χ3v) is 16.8. The van der Waals surface area contributed by atoms with Crippen molar-refractivity contribution in [2.75, 3.05) is 79.1 Å². The molecule has 3 rings (SSSR count). The zero-order chi connectivity index (χ0) is 65.1. The second kappa shape index (κ2) is 41.6. The molecule has 1 aromatic heterocycles. The first-order valence-corrected chi connectivity index (χ1v) is 32.6. The van der Waals surface area contributed by atoms with Crippen LogP contribution in [0.4, 0.5) is 4.79 Å². The number of carbonyl (C=O) groups is 9. The van der Waals surface area contributed by atoms with Crippen molar-refractivity contribution in [3.8, 4) is 0 Å². The van der Waals surface area contributed by atoms with Crippen LogP contribution in [-0.2, 0) is 73.2 Å². The van der Waals surface area contributed by atoms with Crippen molar-refractivity contribution in [1.29, 1.82) is 0 Å². The van der Waals surface area contributed by atoms with Crippen molar-refractivity contribution in [2.45, 2.75) is 162 Å². The summed E-state index contributed by atoms with van der Waals surface area (Å²) in [6, 6.07) is 9.95. The molecule has 23 nitrogen and oxygen atoms in total. The maximum absolute atomic E-state index is 14.3. The average molecular weight is 1270 g/mol. The van der Waals surface area contributed by atoms with Crippen LogP contribution in [0, 0.1) is 17.8 Å². The molecule has 0 saturated carbocycles. The summed E-state index contributed by atoms with van der Waals surface area (Å²) in [5.74, 6) is -5.68. The Bertz CT molecular complexity index is 2580. The molecule has 2 unspecified atom stereocenters. The molecular formula is C63H96N8O15S2. The van der Waals surface area contributed by atoms with E-state index < -0.39 is 108 Å². The van der Waals surface area contributed by atoms with Crippen LogP contribution in [0.15, 0.2) is 83.1 Å². The minimum absolute atomic E-state index is 0.00764. The summed E-state index contributed by atoms with van der Waals surface area (Å²) in [5, 5.41) is 14.7. The van der Waals surface area contributed by atoms with Crippen molar-refractivity contribution in [2.24, 2.45) is 17.8 Å². The fraction of sp³-hybridized carbons (Fsp3) is 0.619. The Morgan fingerprint density at radius 1 is 0.807 bits per heavy atom. The molecule has 0 bridgehead atoms. The lowest BCUT2D eigenvalue weighted by Gasteiger charge is -2.33. The molecule has 5 N–H and O–H groups in total. The lowest BCUT2D eigenvalue weighted by molar-refractivity contribution is -0.155. The van der Waals surface area contributed by atoms with Gasteiger partial charge in [0, 0.05) is 83.1 Å². The fourth-order valence-corrected chi connectivity index (χ4v) is 10.8. The topological polar surface area (TPSA) is 289 Å². The number of cyclic esters (lactones) is 2. The number of amides is 7. The van der Waals surface area contributed by atoms with E-state index in [-0.39, 0.29) is 43.2 Å². The van der Waals surface area contributed by atoms with Gasteiger partial charge in [0.15, 0.2) is 6.10 Å². The number of hydrogen-bond acceptors (Lipinski definition) is 18. The second-order valence-electron chi connectivity index (χ2n) is 22.2. The van der Waals surface area contributed by atoms with Gasteiger partial charge in [-0.3, -0.25) is 28.8 Å². The van der Waals surface area contributed by atoms with Crippen LogP contribution in [0.3, 0.4) is 0 Å². The molecule has 2 aromatic rings. The number of pyridine rings is 1. The number of benzene rings is 1. The van der Waals surface area contributed by atoms with Gasteiger partial charge in [-0.25, -0.2) is 19.4 Å². The van der Waals surface area contributed by atoms with E-state index >= 15 is 0 Å². The van der Waals surface area contributed by atoms with E-state index in [9.17, 15) is 43.2 Å². The Morgan fingerprint density at radius 3 is 2.05 bits per heavy atom. The maximum atomic E-state index is 14.3. The number of likely N-dealkylation sites (N-methyl/N-ethyl adjacent to an activating group) is 2. The van der Waals surface area contributed by atoms with Crippen molar-refractivity contribution < 1.29 is 71.6 Å². The van der Waals surface area contributed by atoms with E-state index in [1.165, 1.54) is 45.8 Å². The van der Waals surface area contributed by atoms with Crippen LogP contribution in [0.5, 0.6) is 0 Å². The van der Waals surface area contributed by atoms with Crippen LogP contribution in [0.2, 0.25) is 0 Å². The molecule has 0 fully saturated rings. The van der Waals surface area contributed by atoms with Gasteiger partial charge in [-0.05, 0) is 99.8 Å². The minimum atomic E-state index is -1.34. The number of carbonyl (C=O) groups excluding carboxylic acids is 9. The Labute approximate surface area is 527 Å². The summed E-state index contributed by atoms with van der Waals surface area (Å²) in [5.41, 5.74) is 1.37. The zero-order valence-corrected chi connectivity index (χ0v) is 55.1. The van der Waals surface area contributed by atoms with Gasteiger partial charge in [0.2, 0.25) is 29.5 Å². The van der Waals surface area contributed by atoms with Crippen LogP contribution in [-0.4, -0.2) is 190 Å². The molecule has 25 heteroatoms. The molecular weight excluding hydrogens is 1170 g/mol. The van der Waals surface area contributed by atoms with E-state index in [1.54, 1.807) is 85.8 Å². The highest BCUT2D eigenvalue weighted by Crippen LogP contribution is 2.29. The highest BCUT2D eigenvalue weighted by atomic mass is 33.1. The number of alkyl carbamates (subject to hydrolysis) is 1. The Kier molecular flexibility index (Phi) is 35.8. The van der Waals surface area contributed by atoms with Gasteiger partial charge in [0.1, 0.15) is 41.4 Å². The fourth-order valence-electron chi connectivity index (χ4n) is 8.90. The molecule has 1 aromatic carbocycles. The number of allylic oxidation sites excluding steroid dienone is 1. The molecule has 0 spiro atoms. The number of nitrogens with one attached hydrogen (secondary N) is 5. The van der Waals surface area contributed by atoms with Crippen LogP contribution >= 0.6 is 21.6 Å². The largest absolute Gasteiger partial charge is 0.456 e. The number of aromatic nitrogens is 1. The highest BCUT2D eigenvalue weighted by Gasteiger charge is 2.38. The van der Waals surface area contributed by atoms with E-state index in [4.69, 9.17) is 28.4 Å². The summed E-state index contributed by atoms with van der Waals surface area (Å²) in [6.07, 6.45) is 2.79. The second-order valence-corrected chi connectivity index (χ2v) is 24.7. The number of hydrogen-bond donors (Lipinski definition) is 5. The monoisotopic (exact) mass is 1270 g/mol. The van der Waals surface area contributed by atoms with Crippen molar-refractivity contribution in [1.82, 2.24) is 41.4 Å². The third kappa shape index (κ3) is 28.3. The Morgan fingerprint density at radius 2 is 1.43 bits per heavy atom. The van der Waals surface area contributed by atoms with E-state index in [0.29, 0.717) is 88.8 Å². The summed E-state index contributed by atoms with van der Waals surface area (Å²) in [7, 11) is 5.96. The van der Waals surface area contributed by atoms with E-state index in [1.807, 2.05) is 45.0 Å². The lowest BCUT2D eigenvalue weighted by Crippen LogP contribution is -2.57. The number of nitrogens with zero attached hydrogens (tertiary/aromatic N) is 3. The van der Waals surface area contributed by atoms with Gasteiger partial charge in [-0.2, -0.15) is 0 Å². The van der Waals surface area contributed by atoms with E-state index in [2.05, 4.69) is 31.6 Å². The predicted octanol–water partition coefficient (Wildman–Crippen LogP) is 6.14. The smallest absolute Gasteiger partial charge is 0.407 e. The van der Waals surface area contributed by atoms with E-state index in [0.717, 1.165) is 9.93 Å². The maximum Gasteiger partial charge on any atom is 0.407 e. The zero-order valence-electron chi connectivity index (χ0n) is 53.4. The van der Waals surface area contributed by atoms with Gasteiger partial charge in [-0.1, -0.05) is 100 Å². The first kappa shape index (κ1) is 75.7. The summed E-state index contributed by atoms with van der Waals surface area (Å²) >= 11 is 0. The van der Waals surface area contributed by atoms with Crippen LogP contribution in [0.1, 0.15) is 113 Å². The SMILES string of the molecule is C/C=C(\C)[C@H]1OC(=O)[C@@H](C)NC(=O)C(C(C)CC)NC(=O)CN(C)C(=O)[C@@H](Cc2ccccc2)N(C)C(=O)[C@H](C)NC(=O)[C@@H](CC(C)C)OC(=O)/C(C)=C/C[C@H](OC(=O)NCCCOCCOCCOCCCNC(=O)CCSSc2ccccn2)[C@@H]1C. The Balaban J connectivity index is 1.72. The molecule has 7 amide bonds. The molecule has 0 aliphatic carbocycles. The lowest BCUT2D eigenvalue weighted by atomic mass is 9.90. The van der Waals surface area contributed by atoms with Crippen molar-refractivity contribution in [3.63, 3.8) is 0 Å². The van der Waals surface area contributed by atoms with Crippen molar-refractivity contribution >= 4 is 75.1 Å². The summed E-state index contributed by atoms with van der Waals surface area (Å²) in [6.45, 7) is 19.2. The molecule has 1 aliphatic rings. The predicted molar refractivity (Wildman–Crippen MR) is 337 cm³/mol. The summed E-state index contributed by atoms with van der Waals surface area (Å²) < 4.78 is 34.9. The van der Waals surface area contributed by atoms with Crippen LogP contribution < -0.4 is 26.6 Å². The van der Waals surface area contributed by atoms with Crippen molar-refractivity contribution in [3.05, 3.63) is 83.6 Å². The normalized spacial score (nSPS) is 23.0. The molecule has 0 radical (unpaired) electrons. The molecule has 1 aliphatic heterocycles. The quantitative estimate of drug-likeness (QED) is 0.0221. The molecule has 9 atom stereocenters. The first-order valence-electron chi connectivity index (χ1n) is 30.3. The number of esters is 2. The van der Waals surface area contributed by atoms with Gasteiger partial charge in [-0.15, -0.1) is 0 Å².